The molecule has 1 unspecified atom stereocenters. The first-order valence-corrected chi connectivity index (χ1v) is 7.82. The second kappa shape index (κ2) is 6.57. The lowest BCUT2D eigenvalue weighted by atomic mass is 9.78. The molecule has 0 saturated carbocycles. The lowest BCUT2D eigenvalue weighted by Gasteiger charge is -2.33. The van der Waals surface area contributed by atoms with Crippen molar-refractivity contribution in [3.63, 3.8) is 0 Å². The molecule has 0 aromatic heterocycles. The fourth-order valence-electron chi connectivity index (χ4n) is 3.42. The molecule has 20 heavy (non-hydrogen) atoms. The van der Waals surface area contributed by atoms with Gasteiger partial charge >= 0.3 is 0 Å². The summed E-state index contributed by atoms with van der Waals surface area (Å²) in [6, 6.07) is 0.193. The Hall–Kier alpha value is -1.10. The van der Waals surface area contributed by atoms with E-state index in [0.717, 1.165) is 45.3 Å². The van der Waals surface area contributed by atoms with Crippen LogP contribution >= 0.6 is 0 Å². The third-order valence-electron chi connectivity index (χ3n) is 4.53. The Labute approximate surface area is 121 Å². The average molecular weight is 281 g/mol. The third kappa shape index (κ3) is 3.72. The fraction of sp³-hybridized carbons (Fsp3) is 0.867. The number of rotatable bonds is 5. The van der Waals surface area contributed by atoms with E-state index in [-0.39, 0.29) is 29.8 Å². The van der Waals surface area contributed by atoms with Gasteiger partial charge in [-0.3, -0.25) is 9.59 Å². The number of amides is 2. The summed E-state index contributed by atoms with van der Waals surface area (Å²) in [5.41, 5.74) is 0.123. The standard InChI is InChI=1S/C15H27N3O2/c1-3-4-12(2)17-13(19)10-18-11-15(9-14(18)20)5-7-16-8-6-15/h12,16H,3-11H2,1-2H3,(H,17,19). The van der Waals surface area contributed by atoms with Crippen molar-refractivity contribution in [2.24, 2.45) is 5.41 Å². The molecule has 2 aliphatic heterocycles. The lowest BCUT2D eigenvalue weighted by molar-refractivity contribution is -0.133. The molecule has 0 aliphatic carbocycles. The predicted octanol–water partition coefficient (Wildman–Crippen LogP) is 0.893. The van der Waals surface area contributed by atoms with Crippen LogP contribution in [0.1, 0.15) is 46.0 Å². The molecule has 2 rings (SSSR count). The Kier molecular flexibility index (Phi) is 5.02. The van der Waals surface area contributed by atoms with E-state index in [2.05, 4.69) is 17.6 Å². The Balaban J connectivity index is 1.84. The van der Waals surface area contributed by atoms with Crippen molar-refractivity contribution in [2.75, 3.05) is 26.2 Å². The van der Waals surface area contributed by atoms with E-state index >= 15 is 0 Å². The number of likely N-dealkylation sites (tertiary alicyclic amines) is 1. The van der Waals surface area contributed by atoms with Gasteiger partial charge in [0.2, 0.25) is 11.8 Å². The Morgan fingerprint density at radius 2 is 2.15 bits per heavy atom. The molecule has 2 N–H and O–H groups in total. The molecule has 2 saturated heterocycles. The molecule has 5 heteroatoms. The maximum Gasteiger partial charge on any atom is 0.239 e. The molecule has 2 fully saturated rings. The van der Waals surface area contributed by atoms with Gasteiger partial charge in [0.1, 0.15) is 0 Å². The van der Waals surface area contributed by atoms with Crippen LogP contribution in [0.5, 0.6) is 0 Å². The summed E-state index contributed by atoms with van der Waals surface area (Å²) in [6.45, 7) is 7.07. The minimum atomic E-state index is -0.0229. The molecule has 2 aliphatic rings. The first-order valence-electron chi connectivity index (χ1n) is 7.82. The number of nitrogens with zero attached hydrogens (tertiary/aromatic N) is 1. The summed E-state index contributed by atoms with van der Waals surface area (Å²) in [5.74, 6) is 0.121. The molecule has 0 radical (unpaired) electrons. The highest BCUT2D eigenvalue weighted by molar-refractivity contribution is 5.86. The molecular weight excluding hydrogens is 254 g/mol. The molecule has 0 aromatic carbocycles. The summed E-state index contributed by atoms with van der Waals surface area (Å²) < 4.78 is 0. The Morgan fingerprint density at radius 3 is 2.80 bits per heavy atom. The Morgan fingerprint density at radius 1 is 1.45 bits per heavy atom. The zero-order valence-corrected chi connectivity index (χ0v) is 12.7. The topological polar surface area (TPSA) is 61.4 Å². The zero-order valence-electron chi connectivity index (χ0n) is 12.7. The number of carbonyl (C=O) groups is 2. The normalized spacial score (nSPS) is 23.1. The van der Waals surface area contributed by atoms with Crippen molar-refractivity contribution in [3.8, 4) is 0 Å². The molecule has 0 bridgehead atoms. The number of hydrogen-bond donors (Lipinski definition) is 2. The van der Waals surface area contributed by atoms with Crippen molar-refractivity contribution >= 4 is 11.8 Å². The number of piperidine rings is 1. The first-order chi connectivity index (χ1) is 9.54. The molecule has 0 aromatic rings. The second-order valence-electron chi connectivity index (χ2n) is 6.43. The lowest BCUT2D eigenvalue weighted by Crippen LogP contribution is -2.43. The van der Waals surface area contributed by atoms with Crippen LogP contribution in [-0.2, 0) is 9.59 Å². The van der Waals surface area contributed by atoms with Gasteiger partial charge in [-0.15, -0.1) is 0 Å². The van der Waals surface area contributed by atoms with E-state index in [4.69, 9.17) is 0 Å². The van der Waals surface area contributed by atoms with Crippen molar-refractivity contribution in [2.45, 2.75) is 52.0 Å². The van der Waals surface area contributed by atoms with Crippen LogP contribution in [0.25, 0.3) is 0 Å². The molecule has 2 amide bonds. The van der Waals surface area contributed by atoms with Gasteiger partial charge in [-0.25, -0.2) is 0 Å². The second-order valence-corrected chi connectivity index (χ2v) is 6.43. The van der Waals surface area contributed by atoms with E-state index in [9.17, 15) is 9.59 Å². The van der Waals surface area contributed by atoms with E-state index in [0.29, 0.717) is 6.42 Å². The van der Waals surface area contributed by atoms with Crippen LogP contribution in [0, 0.1) is 5.41 Å². The highest BCUT2D eigenvalue weighted by Crippen LogP contribution is 2.39. The molecular formula is C15H27N3O2. The third-order valence-corrected chi connectivity index (χ3v) is 4.53. The average Bonchev–Trinajstić information content (AvgIpc) is 2.66. The molecule has 2 heterocycles. The molecule has 5 nitrogen and oxygen atoms in total. The van der Waals surface area contributed by atoms with Gasteiger partial charge in [0.25, 0.3) is 0 Å². The minimum Gasteiger partial charge on any atom is -0.352 e. The SMILES string of the molecule is CCCC(C)NC(=O)CN1CC2(CCNCC2)CC1=O. The van der Waals surface area contributed by atoms with E-state index < -0.39 is 0 Å². The van der Waals surface area contributed by atoms with E-state index in [1.165, 1.54) is 0 Å². The smallest absolute Gasteiger partial charge is 0.239 e. The predicted molar refractivity (Wildman–Crippen MR) is 78.2 cm³/mol. The summed E-state index contributed by atoms with van der Waals surface area (Å²) in [6.07, 6.45) is 4.74. The van der Waals surface area contributed by atoms with Crippen molar-refractivity contribution < 1.29 is 9.59 Å². The van der Waals surface area contributed by atoms with Crippen molar-refractivity contribution in [1.82, 2.24) is 15.5 Å². The van der Waals surface area contributed by atoms with E-state index in [1.54, 1.807) is 4.90 Å². The Bertz CT molecular complexity index is 364. The minimum absolute atomic E-state index is 0.0229. The van der Waals surface area contributed by atoms with Gasteiger partial charge in [0.15, 0.2) is 0 Å². The largest absolute Gasteiger partial charge is 0.352 e. The quantitative estimate of drug-likeness (QED) is 0.787. The summed E-state index contributed by atoms with van der Waals surface area (Å²) in [7, 11) is 0. The van der Waals surface area contributed by atoms with Crippen molar-refractivity contribution in [3.05, 3.63) is 0 Å². The molecule has 1 atom stereocenters. The van der Waals surface area contributed by atoms with Gasteiger partial charge in [0.05, 0.1) is 6.54 Å². The van der Waals surface area contributed by atoms with Crippen molar-refractivity contribution in [1.29, 1.82) is 0 Å². The monoisotopic (exact) mass is 281 g/mol. The fourth-order valence-corrected chi connectivity index (χ4v) is 3.42. The zero-order chi connectivity index (χ0) is 14.6. The number of nitrogens with one attached hydrogen (secondary N) is 2. The number of hydrogen-bond acceptors (Lipinski definition) is 3. The van der Waals surface area contributed by atoms with Gasteiger partial charge in [0, 0.05) is 19.0 Å². The summed E-state index contributed by atoms with van der Waals surface area (Å²) >= 11 is 0. The van der Waals surface area contributed by atoms with Crippen LogP contribution in [0.15, 0.2) is 0 Å². The maximum absolute atomic E-state index is 12.1. The van der Waals surface area contributed by atoms with Gasteiger partial charge in [-0.2, -0.15) is 0 Å². The highest BCUT2D eigenvalue weighted by atomic mass is 16.2. The molecule has 114 valence electrons. The van der Waals surface area contributed by atoms with Gasteiger partial charge < -0.3 is 15.5 Å². The van der Waals surface area contributed by atoms with Crippen LogP contribution in [0.2, 0.25) is 0 Å². The van der Waals surface area contributed by atoms with Crippen LogP contribution < -0.4 is 10.6 Å². The van der Waals surface area contributed by atoms with Crippen LogP contribution in [0.3, 0.4) is 0 Å². The van der Waals surface area contributed by atoms with E-state index in [1.807, 2.05) is 6.92 Å². The molecule has 1 spiro atoms. The van der Waals surface area contributed by atoms with Gasteiger partial charge in [-0.1, -0.05) is 13.3 Å². The summed E-state index contributed by atoms with van der Waals surface area (Å²) in [4.78, 5) is 25.9. The summed E-state index contributed by atoms with van der Waals surface area (Å²) in [5, 5.41) is 6.31. The number of carbonyl (C=O) groups excluding carboxylic acids is 2. The highest BCUT2D eigenvalue weighted by Gasteiger charge is 2.43. The van der Waals surface area contributed by atoms with Gasteiger partial charge in [-0.05, 0) is 44.7 Å². The van der Waals surface area contributed by atoms with Crippen LogP contribution in [0.4, 0.5) is 0 Å². The van der Waals surface area contributed by atoms with Crippen LogP contribution in [-0.4, -0.2) is 48.9 Å². The first kappa shape index (κ1) is 15.3. The maximum atomic E-state index is 12.1.